The molecule has 1 amide bonds. The summed E-state index contributed by atoms with van der Waals surface area (Å²) in [6.07, 6.45) is -3.21. The van der Waals surface area contributed by atoms with Crippen molar-refractivity contribution in [3.63, 3.8) is 0 Å². The van der Waals surface area contributed by atoms with Crippen molar-refractivity contribution in [3.05, 3.63) is 48.2 Å². The number of aromatic nitrogens is 1. The van der Waals surface area contributed by atoms with Crippen molar-refractivity contribution in [2.24, 2.45) is 0 Å². The van der Waals surface area contributed by atoms with Crippen LogP contribution >= 0.6 is 0 Å². The molecule has 4 rings (SSSR count). The van der Waals surface area contributed by atoms with Gasteiger partial charge >= 0.3 is 6.18 Å². The summed E-state index contributed by atoms with van der Waals surface area (Å²) >= 11 is 0. The van der Waals surface area contributed by atoms with Crippen LogP contribution in [0.5, 0.6) is 5.75 Å². The third kappa shape index (κ3) is 7.54. The standard InChI is InChI=1S/C29H34F3N5O5S/c1-35(2)43(40,41)22-9-10-25(27(17-22)42-3)33-13-5-6-21-16-23-24(7-4-8-26(23)37(21)19-29(30,31)32)34-20-11-14-36(15-12-20)28(39)18-38/h4,7-10,16-17,20,33-34,38H,11-15,18-19H2,1-3H3. The minimum absolute atomic E-state index is 0.00660. The number of amides is 1. The van der Waals surface area contributed by atoms with Crippen LogP contribution in [-0.4, -0.2) is 92.9 Å². The molecule has 14 heteroatoms. The fraction of sp³-hybridized carbons (Fsp3) is 0.414. The van der Waals surface area contributed by atoms with Crippen LogP contribution in [0.3, 0.4) is 0 Å². The Bertz CT molecular complexity index is 1640. The number of nitrogens with zero attached hydrogens (tertiary/aromatic N) is 3. The number of aliphatic hydroxyl groups is 1. The zero-order valence-corrected chi connectivity index (χ0v) is 24.8. The minimum atomic E-state index is -4.47. The van der Waals surface area contributed by atoms with Gasteiger partial charge in [-0.05, 0) is 49.1 Å². The zero-order chi connectivity index (χ0) is 31.4. The maximum atomic E-state index is 13.6. The van der Waals surface area contributed by atoms with Gasteiger partial charge in [-0.15, -0.1) is 0 Å². The smallest absolute Gasteiger partial charge is 0.406 e. The molecule has 0 aliphatic carbocycles. The Kier molecular flexibility index (Phi) is 9.79. The van der Waals surface area contributed by atoms with Crippen LogP contribution < -0.4 is 15.4 Å². The molecule has 0 unspecified atom stereocenters. The SMILES string of the molecule is COc1cc(S(=O)(=O)N(C)C)ccc1NCC#Cc1cc2c(NC3CCN(C(=O)CO)CC3)cccc2n1CC(F)(F)F. The van der Waals surface area contributed by atoms with Gasteiger partial charge in [0, 0.05) is 50.4 Å². The van der Waals surface area contributed by atoms with E-state index in [0.29, 0.717) is 48.2 Å². The van der Waals surface area contributed by atoms with Crippen LogP contribution in [0, 0.1) is 11.8 Å². The van der Waals surface area contributed by atoms with Crippen LogP contribution in [0.1, 0.15) is 18.5 Å². The van der Waals surface area contributed by atoms with Gasteiger partial charge in [0.15, 0.2) is 0 Å². The van der Waals surface area contributed by atoms with E-state index in [0.717, 1.165) is 8.87 Å². The van der Waals surface area contributed by atoms with Gasteiger partial charge in [0.1, 0.15) is 18.9 Å². The van der Waals surface area contributed by atoms with E-state index in [1.54, 1.807) is 35.2 Å². The summed E-state index contributed by atoms with van der Waals surface area (Å²) in [4.78, 5) is 13.4. The normalized spacial score (nSPS) is 14.5. The third-order valence-electron chi connectivity index (χ3n) is 7.16. The highest BCUT2D eigenvalue weighted by Crippen LogP contribution is 2.32. The molecule has 232 valence electrons. The Morgan fingerprint density at radius 3 is 2.49 bits per heavy atom. The molecule has 0 spiro atoms. The van der Waals surface area contributed by atoms with Gasteiger partial charge in [0.05, 0.1) is 35.4 Å². The molecule has 0 saturated carbocycles. The summed E-state index contributed by atoms with van der Waals surface area (Å²) in [7, 11) is 0.580. The number of benzene rings is 2. The van der Waals surface area contributed by atoms with Crippen molar-refractivity contribution in [1.82, 2.24) is 13.8 Å². The van der Waals surface area contributed by atoms with Crippen molar-refractivity contribution in [2.45, 2.75) is 36.5 Å². The van der Waals surface area contributed by atoms with E-state index in [1.807, 2.05) is 0 Å². The molecule has 1 saturated heterocycles. The molecule has 1 aliphatic rings. The number of methoxy groups -OCH3 is 1. The van der Waals surface area contributed by atoms with E-state index in [2.05, 4.69) is 22.5 Å². The van der Waals surface area contributed by atoms with Crippen LogP contribution in [0.25, 0.3) is 10.9 Å². The molecule has 0 bridgehead atoms. The number of alkyl halides is 3. The first kappa shape index (κ1) is 32.0. The number of ether oxygens (including phenoxy) is 1. The lowest BCUT2D eigenvalue weighted by atomic mass is 10.0. The van der Waals surface area contributed by atoms with Crippen molar-refractivity contribution in [1.29, 1.82) is 0 Å². The molecule has 3 N–H and O–H groups in total. The first-order valence-corrected chi connectivity index (χ1v) is 15.0. The van der Waals surface area contributed by atoms with Crippen molar-refractivity contribution in [3.8, 4) is 17.6 Å². The number of sulfonamides is 1. The van der Waals surface area contributed by atoms with E-state index >= 15 is 0 Å². The number of nitrogens with one attached hydrogen (secondary N) is 2. The lowest BCUT2D eigenvalue weighted by molar-refractivity contribution is -0.140. The van der Waals surface area contributed by atoms with Gasteiger partial charge in [-0.2, -0.15) is 13.2 Å². The van der Waals surface area contributed by atoms with Gasteiger partial charge < -0.3 is 29.9 Å². The number of halogens is 3. The largest absolute Gasteiger partial charge is 0.495 e. The number of piperidine rings is 1. The number of fused-ring (bicyclic) bond motifs is 1. The summed E-state index contributed by atoms with van der Waals surface area (Å²) in [5, 5.41) is 16.1. The highest BCUT2D eigenvalue weighted by atomic mass is 32.2. The topological polar surface area (TPSA) is 116 Å². The van der Waals surface area contributed by atoms with Crippen LogP contribution in [0.15, 0.2) is 47.4 Å². The second-order valence-corrected chi connectivity index (χ2v) is 12.4. The average molecular weight is 622 g/mol. The molecule has 10 nitrogen and oxygen atoms in total. The predicted octanol–water partition coefficient (Wildman–Crippen LogP) is 3.32. The summed E-state index contributed by atoms with van der Waals surface area (Å²) in [5.74, 6) is 5.67. The van der Waals surface area contributed by atoms with Gasteiger partial charge in [-0.3, -0.25) is 4.79 Å². The summed E-state index contributed by atoms with van der Waals surface area (Å²) in [6.45, 7) is -0.741. The number of carbonyl (C=O) groups is 1. The molecule has 1 aromatic heterocycles. The summed E-state index contributed by atoms with van der Waals surface area (Å²) < 4.78 is 73.2. The molecule has 2 aromatic carbocycles. The van der Waals surface area contributed by atoms with Gasteiger partial charge in [-0.1, -0.05) is 12.0 Å². The van der Waals surface area contributed by atoms with Gasteiger partial charge in [0.2, 0.25) is 15.9 Å². The van der Waals surface area contributed by atoms with E-state index in [1.165, 1.54) is 33.3 Å². The molecule has 1 aliphatic heterocycles. The Hall–Kier alpha value is -3.93. The molecule has 1 fully saturated rings. The fourth-order valence-electron chi connectivity index (χ4n) is 4.92. The lowest BCUT2D eigenvalue weighted by Gasteiger charge is -2.32. The highest BCUT2D eigenvalue weighted by Gasteiger charge is 2.30. The summed E-state index contributed by atoms with van der Waals surface area (Å²) in [5.41, 5.74) is 1.71. The molecule has 0 atom stereocenters. The number of hydrogen-bond donors (Lipinski definition) is 3. The Labute approximate surface area is 248 Å². The van der Waals surface area contributed by atoms with Crippen LogP contribution in [-0.2, 0) is 21.4 Å². The molecule has 2 heterocycles. The molecule has 3 aromatic rings. The van der Waals surface area contributed by atoms with Crippen LogP contribution in [0.4, 0.5) is 24.5 Å². The second kappa shape index (κ2) is 13.2. The van der Waals surface area contributed by atoms with E-state index in [4.69, 9.17) is 9.84 Å². The molecular formula is C29H34F3N5O5S. The van der Waals surface area contributed by atoms with Crippen LogP contribution in [0.2, 0.25) is 0 Å². The van der Waals surface area contributed by atoms with E-state index in [9.17, 15) is 26.4 Å². The Balaban J connectivity index is 1.56. The number of anilines is 2. The number of hydrogen-bond acceptors (Lipinski definition) is 7. The first-order valence-electron chi connectivity index (χ1n) is 13.5. The third-order valence-corrected chi connectivity index (χ3v) is 8.97. The van der Waals surface area contributed by atoms with Gasteiger partial charge in [-0.25, -0.2) is 12.7 Å². The maximum Gasteiger partial charge on any atom is 0.406 e. The monoisotopic (exact) mass is 621 g/mol. The Morgan fingerprint density at radius 2 is 1.86 bits per heavy atom. The second-order valence-electron chi connectivity index (χ2n) is 10.2. The number of aliphatic hydroxyl groups excluding tert-OH is 1. The van der Waals surface area contributed by atoms with Gasteiger partial charge in [0.25, 0.3) is 0 Å². The first-order chi connectivity index (χ1) is 20.3. The number of likely N-dealkylation sites (tertiary alicyclic amines) is 1. The number of rotatable bonds is 9. The quantitative estimate of drug-likeness (QED) is 0.314. The molecule has 0 radical (unpaired) electrons. The minimum Gasteiger partial charge on any atom is -0.495 e. The highest BCUT2D eigenvalue weighted by molar-refractivity contribution is 7.89. The average Bonchev–Trinajstić information content (AvgIpc) is 3.31. The molecule has 43 heavy (non-hydrogen) atoms. The summed E-state index contributed by atoms with van der Waals surface area (Å²) in [6, 6.07) is 11.1. The zero-order valence-electron chi connectivity index (χ0n) is 24.0. The Morgan fingerprint density at radius 1 is 1.14 bits per heavy atom. The van der Waals surface area contributed by atoms with Crippen molar-refractivity contribution < 1.29 is 36.2 Å². The van der Waals surface area contributed by atoms with Crippen molar-refractivity contribution >= 4 is 38.2 Å². The van der Waals surface area contributed by atoms with Crippen molar-refractivity contribution in [2.75, 3.05) is 58.1 Å². The lowest BCUT2D eigenvalue weighted by Crippen LogP contribution is -2.43. The van der Waals surface area contributed by atoms with E-state index < -0.39 is 29.4 Å². The van der Waals surface area contributed by atoms with E-state index in [-0.39, 0.29) is 34.8 Å². The predicted molar refractivity (Wildman–Crippen MR) is 158 cm³/mol. The molecular weight excluding hydrogens is 587 g/mol. The number of carbonyl (C=O) groups excluding carboxylic acids is 1. The fourth-order valence-corrected chi connectivity index (χ4v) is 5.84. The maximum absolute atomic E-state index is 13.6.